The van der Waals surface area contributed by atoms with Crippen molar-refractivity contribution < 1.29 is 19.0 Å². The first kappa shape index (κ1) is 25.9. The molecule has 1 heterocycles. The summed E-state index contributed by atoms with van der Waals surface area (Å²) >= 11 is 0. The van der Waals surface area contributed by atoms with Gasteiger partial charge in [0, 0.05) is 34.9 Å². The van der Waals surface area contributed by atoms with Crippen LogP contribution in [0.4, 0.5) is 5.69 Å². The molecule has 42 heavy (non-hydrogen) atoms. The van der Waals surface area contributed by atoms with E-state index in [1.807, 2.05) is 42.5 Å². The molecule has 0 fully saturated rings. The van der Waals surface area contributed by atoms with E-state index in [0.29, 0.717) is 11.5 Å². The molecule has 0 saturated carbocycles. The standard InChI is InChI=1S/C37H31NO4/c1-23(39)38-27-16-14-26(15-17-27)37(25-10-5-4-6-11-25)20-19-29-31-21-33(40-2)34(41-3)22-32(31)35-28-12-8-7-9-24(28)13-18-30(35)36(29)42-37/h4-12,14-17,19-22H,13,18H2,1-3H3,(H,38,39). The summed E-state index contributed by atoms with van der Waals surface area (Å²) in [6, 6.07) is 31.0. The number of fused-ring (bicyclic) bond motifs is 8. The summed E-state index contributed by atoms with van der Waals surface area (Å²) in [5, 5.41) is 5.05. The second-order valence-electron chi connectivity index (χ2n) is 10.8. The van der Waals surface area contributed by atoms with Crippen molar-refractivity contribution >= 4 is 28.4 Å². The van der Waals surface area contributed by atoms with Crippen LogP contribution in [0, 0.1) is 0 Å². The van der Waals surface area contributed by atoms with Gasteiger partial charge in [-0.25, -0.2) is 0 Å². The number of rotatable bonds is 5. The highest BCUT2D eigenvalue weighted by Crippen LogP contribution is 2.53. The van der Waals surface area contributed by atoms with Gasteiger partial charge in [0.15, 0.2) is 17.1 Å². The number of nitrogens with one attached hydrogen (secondary N) is 1. The van der Waals surface area contributed by atoms with E-state index in [4.69, 9.17) is 14.2 Å². The molecule has 2 aliphatic rings. The van der Waals surface area contributed by atoms with Gasteiger partial charge in [-0.05, 0) is 76.7 Å². The average Bonchev–Trinajstić information content (AvgIpc) is 3.04. The predicted octanol–water partition coefficient (Wildman–Crippen LogP) is 7.93. The molecule has 0 radical (unpaired) electrons. The Balaban J connectivity index is 1.51. The lowest BCUT2D eigenvalue weighted by atomic mass is 9.78. The molecule has 0 bridgehead atoms. The number of methoxy groups -OCH3 is 2. The summed E-state index contributed by atoms with van der Waals surface area (Å²) in [4.78, 5) is 11.7. The molecular formula is C37H31NO4. The number of carbonyl (C=O) groups excluding carboxylic acids is 1. The number of hydrogen-bond donors (Lipinski definition) is 1. The molecular weight excluding hydrogens is 522 g/mol. The van der Waals surface area contributed by atoms with E-state index < -0.39 is 5.60 Å². The van der Waals surface area contributed by atoms with Crippen molar-refractivity contribution in [2.75, 3.05) is 19.5 Å². The molecule has 5 aromatic rings. The van der Waals surface area contributed by atoms with E-state index in [1.165, 1.54) is 29.2 Å². The summed E-state index contributed by atoms with van der Waals surface area (Å²) in [5.41, 5.74) is 7.85. The third-order valence-corrected chi connectivity index (χ3v) is 8.42. The molecule has 1 N–H and O–H groups in total. The Hall–Kier alpha value is -5.03. The van der Waals surface area contributed by atoms with E-state index in [9.17, 15) is 4.79 Å². The first-order valence-electron chi connectivity index (χ1n) is 14.2. The van der Waals surface area contributed by atoms with Gasteiger partial charge >= 0.3 is 0 Å². The van der Waals surface area contributed by atoms with Crippen LogP contribution in [0.25, 0.3) is 28.0 Å². The van der Waals surface area contributed by atoms with Crippen molar-refractivity contribution in [3.05, 3.63) is 125 Å². The van der Waals surface area contributed by atoms with Crippen molar-refractivity contribution in [3.8, 4) is 28.4 Å². The third-order valence-electron chi connectivity index (χ3n) is 8.42. The number of amides is 1. The van der Waals surface area contributed by atoms with Gasteiger partial charge in [0.05, 0.1) is 14.2 Å². The lowest BCUT2D eigenvalue weighted by Gasteiger charge is -2.39. The van der Waals surface area contributed by atoms with Crippen molar-refractivity contribution in [2.45, 2.75) is 25.4 Å². The van der Waals surface area contributed by atoms with Crippen LogP contribution >= 0.6 is 0 Å². The summed E-state index contributed by atoms with van der Waals surface area (Å²) in [7, 11) is 3.35. The fraction of sp³-hybridized carbons (Fsp3) is 0.162. The van der Waals surface area contributed by atoms with Crippen LogP contribution in [-0.4, -0.2) is 20.1 Å². The maximum Gasteiger partial charge on any atom is 0.221 e. The van der Waals surface area contributed by atoms with Crippen molar-refractivity contribution in [1.29, 1.82) is 0 Å². The van der Waals surface area contributed by atoms with Crippen LogP contribution in [0.15, 0.2) is 97.1 Å². The zero-order chi connectivity index (χ0) is 28.8. The number of ether oxygens (including phenoxy) is 3. The summed E-state index contributed by atoms with van der Waals surface area (Å²) < 4.78 is 18.8. The minimum Gasteiger partial charge on any atom is -0.493 e. The average molecular weight is 554 g/mol. The number of aryl methyl sites for hydroxylation is 1. The highest BCUT2D eigenvalue weighted by molar-refractivity contribution is 6.07. The maximum absolute atomic E-state index is 11.7. The fourth-order valence-electron chi connectivity index (χ4n) is 6.50. The van der Waals surface area contributed by atoms with E-state index in [1.54, 1.807) is 14.2 Å². The van der Waals surface area contributed by atoms with Crippen molar-refractivity contribution in [2.24, 2.45) is 0 Å². The molecule has 1 unspecified atom stereocenters. The van der Waals surface area contributed by atoms with Gasteiger partial charge < -0.3 is 19.5 Å². The van der Waals surface area contributed by atoms with Gasteiger partial charge in [-0.2, -0.15) is 0 Å². The van der Waals surface area contributed by atoms with Gasteiger partial charge in [-0.3, -0.25) is 4.79 Å². The topological polar surface area (TPSA) is 56.8 Å². The predicted molar refractivity (Wildman–Crippen MR) is 168 cm³/mol. The van der Waals surface area contributed by atoms with E-state index in [0.717, 1.165) is 51.7 Å². The molecule has 208 valence electrons. The number of anilines is 1. The van der Waals surface area contributed by atoms with E-state index >= 15 is 0 Å². The third kappa shape index (κ3) is 4.04. The highest BCUT2D eigenvalue weighted by atomic mass is 16.5. The van der Waals surface area contributed by atoms with Gasteiger partial charge in [0.1, 0.15) is 5.75 Å². The molecule has 5 aromatic carbocycles. The Morgan fingerprint density at radius 3 is 2.19 bits per heavy atom. The van der Waals surface area contributed by atoms with Crippen LogP contribution in [0.5, 0.6) is 17.2 Å². The van der Waals surface area contributed by atoms with Crippen LogP contribution < -0.4 is 19.5 Å². The van der Waals surface area contributed by atoms with Crippen molar-refractivity contribution in [1.82, 2.24) is 0 Å². The summed E-state index contributed by atoms with van der Waals surface area (Å²) in [6.45, 7) is 1.51. The van der Waals surface area contributed by atoms with Gasteiger partial charge in [0.2, 0.25) is 5.91 Å². The second kappa shape index (κ2) is 10.1. The Labute approximate surface area is 245 Å². The fourth-order valence-corrected chi connectivity index (χ4v) is 6.50. The zero-order valence-corrected chi connectivity index (χ0v) is 23.9. The minimum absolute atomic E-state index is 0.103. The lowest BCUT2D eigenvalue weighted by molar-refractivity contribution is -0.114. The number of carbonyl (C=O) groups is 1. The summed E-state index contributed by atoms with van der Waals surface area (Å²) in [5.74, 6) is 2.16. The highest BCUT2D eigenvalue weighted by Gasteiger charge is 2.40. The van der Waals surface area contributed by atoms with Gasteiger partial charge in [-0.15, -0.1) is 0 Å². The monoisotopic (exact) mass is 553 g/mol. The SMILES string of the molecule is COc1cc2c3c(c4c(c2cc1OC)-c1ccccc1CC4)OC(c1ccccc1)(c1ccc(NC(C)=O)cc1)C=C3. The Bertz CT molecular complexity index is 1880. The lowest BCUT2D eigenvalue weighted by Crippen LogP contribution is -2.35. The molecule has 1 amide bonds. The molecule has 0 aromatic heterocycles. The smallest absolute Gasteiger partial charge is 0.221 e. The van der Waals surface area contributed by atoms with Gasteiger partial charge in [-0.1, -0.05) is 66.7 Å². The zero-order valence-electron chi connectivity index (χ0n) is 23.9. The first-order chi connectivity index (χ1) is 20.5. The second-order valence-corrected chi connectivity index (χ2v) is 10.8. The Morgan fingerprint density at radius 1 is 0.810 bits per heavy atom. The molecule has 0 spiro atoms. The van der Waals surface area contributed by atoms with Crippen LogP contribution in [0.2, 0.25) is 0 Å². The molecule has 1 atom stereocenters. The molecule has 7 rings (SSSR count). The molecule has 0 saturated heterocycles. The van der Waals surface area contributed by atoms with Crippen LogP contribution in [0.3, 0.4) is 0 Å². The normalized spacial score (nSPS) is 16.5. The van der Waals surface area contributed by atoms with Crippen LogP contribution in [-0.2, 0) is 23.2 Å². The van der Waals surface area contributed by atoms with E-state index in [-0.39, 0.29) is 5.91 Å². The molecule has 1 aliphatic heterocycles. The Morgan fingerprint density at radius 2 is 1.48 bits per heavy atom. The largest absolute Gasteiger partial charge is 0.493 e. The molecule has 5 nitrogen and oxygen atoms in total. The van der Waals surface area contributed by atoms with Crippen LogP contribution in [0.1, 0.15) is 34.7 Å². The molecule has 5 heteroatoms. The number of benzene rings is 5. The maximum atomic E-state index is 11.7. The Kier molecular flexibility index (Phi) is 6.23. The van der Waals surface area contributed by atoms with Gasteiger partial charge in [0.25, 0.3) is 0 Å². The quantitative estimate of drug-likeness (QED) is 0.240. The van der Waals surface area contributed by atoms with Crippen molar-refractivity contribution in [3.63, 3.8) is 0 Å². The molecule has 1 aliphatic carbocycles. The first-order valence-corrected chi connectivity index (χ1v) is 14.2. The minimum atomic E-state index is -0.863. The summed E-state index contributed by atoms with van der Waals surface area (Å²) in [6.07, 6.45) is 6.14. The van der Waals surface area contributed by atoms with E-state index in [2.05, 4.69) is 66.0 Å². The number of hydrogen-bond acceptors (Lipinski definition) is 4.